The Bertz CT molecular complexity index is 145. The van der Waals surface area contributed by atoms with Crippen molar-refractivity contribution in [3.05, 3.63) is 10.1 Å². The lowest BCUT2D eigenvalue weighted by atomic mass is 10.5. The highest BCUT2D eigenvalue weighted by Crippen LogP contribution is 1.93. The molecule has 0 aromatic rings. The summed E-state index contributed by atoms with van der Waals surface area (Å²) in [5.74, 6) is -0.552. The van der Waals surface area contributed by atoms with Gasteiger partial charge in [0.25, 0.3) is 0 Å². The van der Waals surface area contributed by atoms with Gasteiger partial charge in [-0.2, -0.15) is 0 Å². The van der Waals surface area contributed by atoms with Gasteiger partial charge in [0, 0.05) is 13.3 Å². The first-order valence-electron chi connectivity index (χ1n) is 2.91. The highest BCUT2D eigenvalue weighted by atomic mass is 16.7. The summed E-state index contributed by atoms with van der Waals surface area (Å²) in [6, 6.07) is 0. The number of ether oxygens (including phenoxy) is 1. The van der Waals surface area contributed by atoms with Crippen LogP contribution in [-0.2, 0) is 9.53 Å². The Morgan fingerprint density at radius 2 is 2.30 bits per heavy atom. The van der Waals surface area contributed by atoms with Crippen molar-refractivity contribution in [3.63, 3.8) is 0 Å². The van der Waals surface area contributed by atoms with Crippen LogP contribution in [0.2, 0.25) is 0 Å². The van der Waals surface area contributed by atoms with Crippen LogP contribution in [-0.4, -0.2) is 17.1 Å². The molecular weight excluding hydrogens is 138 g/mol. The van der Waals surface area contributed by atoms with Crippen LogP contribution in [0.15, 0.2) is 0 Å². The summed E-state index contributed by atoms with van der Waals surface area (Å²) in [5.41, 5.74) is 0. The minimum Gasteiger partial charge on any atom is -0.398 e. The molecular formula is C5H9NO4. The largest absolute Gasteiger partial charge is 0.398 e. The second-order valence-electron chi connectivity index (χ2n) is 1.73. The molecule has 0 saturated carbocycles. The van der Waals surface area contributed by atoms with Gasteiger partial charge in [-0.05, 0) is 0 Å². The van der Waals surface area contributed by atoms with E-state index < -0.39 is 17.1 Å². The van der Waals surface area contributed by atoms with Crippen molar-refractivity contribution in [1.82, 2.24) is 0 Å². The van der Waals surface area contributed by atoms with E-state index in [0.717, 1.165) is 0 Å². The minimum absolute atomic E-state index is 0.165. The molecule has 0 saturated heterocycles. The van der Waals surface area contributed by atoms with Crippen molar-refractivity contribution in [2.75, 3.05) is 0 Å². The second kappa shape index (κ2) is 3.81. The number of carbonyl (C=O) groups is 1. The molecule has 5 nitrogen and oxygen atoms in total. The Morgan fingerprint density at radius 1 is 1.80 bits per heavy atom. The highest BCUT2D eigenvalue weighted by Gasteiger charge is 2.15. The molecule has 0 N–H and O–H groups in total. The number of nitrogens with zero attached hydrogens (tertiary/aromatic N) is 1. The SMILES string of the molecule is CCC(=O)OC(C)[N+](=O)[O-]. The summed E-state index contributed by atoms with van der Waals surface area (Å²) in [5, 5.41) is 9.88. The molecule has 0 aromatic heterocycles. The lowest BCUT2D eigenvalue weighted by molar-refractivity contribution is -0.562. The quantitative estimate of drug-likeness (QED) is 0.253. The lowest BCUT2D eigenvalue weighted by Gasteiger charge is -2.02. The number of carbonyl (C=O) groups excluding carboxylic acids is 1. The predicted molar refractivity (Wildman–Crippen MR) is 32.8 cm³/mol. The summed E-state index contributed by atoms with van der Waals surface area (Å²) >= 11 is 0. The van der Waals surface area contributed by atoms with Gasteiger partial charge in [-0.25, -0.2) is 0 Å². The van der Waals surface area contributed by atoms with Gasteiger partial charge in [-0.15, -0.1) is 0 Å². The van der Waals surface area contributed by atoms with E-state index in [1.165, 1.54) is 6.92 Å². The van der Waals surface area contributed by atoms with E-state index in [2.05, 4.69) is 4.74 Å². The minimum atomic E-state index is -1.23. The number of hydrogen-bond donors (Lipinski definition) is 0. The van der Waals surface area contributed by atoms with Crippen molar-refractivity contribution >= 4 is 5.97 Å². The topological polar surface area (TPSA) is 69.4 Å². The van der Waals surface area contributed by atoms with Gasteiger partial charge >= 0.3 is 12.2 Å². The Balaban J connectivity index is 3.68. The smallest absolute Gasteiger partial charge is 0.353 e. The first-order valence-corrected chi connectivity index (χ1v) is 2.91. The first kappa shape index (κ1) is 8.87. The molecule has 0 bridgehead atoms. The summed E-state index contributed by atoms with van der Waals surface area (Å²) in [7, 11) is 0. The lowest BCUT2D eigenvalue weighted by Crippen LogP contribution is -2.22. The van der Waals surface area contributed by atoms with E-state index in [1.807, 2.05) is 0 Å². The molecule has 5 heteroatoms. The van der Waals surface area contributed by atoms with Gasteiger partial charge in [0.1, 0.15) is 0 Å². The third-order valence-corrected chi connectivity index (χ3v) is 0.888. The maximum Gasteiger partial charge on any atom is 0.353 e. The average Bonchev–Trinajstić information content (AvgIpc) is 1.87. The van der Waals surface area contributed by atoms with Gasteiger partial charge in [0.05, 0.1) is 4.92 Å². The maximum atomic E-state index is 10.4. The normalized spacial score (nSPS) is 12.2. The molecule has 1 unspecified atom stereocenters. The van der Waals surface area contributed by atoms with Gasteiger partial charge in [0.15, 0.2) is 0 Å². The van der Waals surface area contributed by atoms with Gasteiger partial charge < -0.3 is 4.74 Å². The summed E-state index contributed by atoms with van der Waals surface area (Å²) in [4.78, 5) is 19.6. The third-order valence-electron chi connectivity index (χ3n) is 0.888. The van der Waals surface area contributed by atoms with E-state index in [1.54, 1.807) is 6.92 Å². The van der Waals surface area contributed by atoms with Gasteiger partial charge in [0.2, 0.25) is 0 Å². The molecule has 58 valence electrons. The van der Waals surface area contributed by atoms with E-state index >= 15 is 0 Å². The third kappa shape index (κ3) is 3.01. The van der Waals surface area contributed by atoms with Crippen LogP contribution in [0.3, 0.4) is 0 Å². The maximum absolute atomic E-state index is 10.4. The van der Waals surface area contributed by atoms with Crippen LogP contribution in [0.1, 0.15) is 20.3 Å². The number of nitro groups is 1. The van der Waals surface area contributed by atoms with Crippen LogP contribution in [0.5, 0.6) is 0 Å². The first-order chi connectivity index (χ1) is 4.57. The van der Waals surface area contributed by atoms with Crippen LogP contribution in [0, 0.1) is 10.1 Å². The van der Waals surface area contributed by atoms with E-state index in [4.69, 9.17) is 0 Å². The average molecular weight is 147 g/mol. The number of hydrogen-bond acceptors (Lipinski definition) is 4. The molecule has 0 aliphatic heterocycles. The molecule has 0 aliphatic rings. The molecule has 10 heavy (non-hydrogen) atoms. The zero-order valence-corrected chi connectivity index (χ0v) is 5.86. The highest BCUT2D eigenvalue weighted by molar-refractivity contribution is 5.68. The summed E-state index contributed by atoms with van der Waals surface area (Å²) in [6.45, 7) is 2.79. The van der Waals surface area contributed by atoms with Gasteiger partial charge in [-0.1, -0.05) is 6.92 Å². The summed E-state index contributed by atoms with van der Waals surface area (Å²) < 4.78 is 4.32. The van der Waals surface area contributed by atoms with Crippen molar-refractivity contribution < 1.29 is 14.5 Å². The van der Waals surface area contributed by atoms with E-state index in [-0.39, 0.29) is 6.42 Å². The van der Waals surface area contributed by atoms with E-state index in [0.29, 0.717) is 0 Å². The van der Waals surface area contributed by atoms with Crippen LogP contribution in [0.25, 0.3) is 0 Å². The van der Waals surface area contributed by atoms with E-state index in [9.17, 15) is 14.9 Å². The molecule has 0 rings (SSSR count). The monoisotopic (exact) mass is 147 g/mol. The standard InChI is InChI=1S/C5H9NO4/c1-3-5(7)10-4(2)6(8)9/h4H,3H2,1-2H3. The number of esters is 1. The zero-order chi connectivity index (χ0) is 8.15. The Morgan fingerprint density at radius 3 is 2.60 bits per heavy atom. The van der Waals surface area contributed by atoms with Crippen LogP contribution in [0.4, 0.5) is 0 Å². The molecule has 0 heterocycles. The Kier molecular flexibility index (Phi) is 3.38. The second-order valence-corrected chi connectivity index (χ2v) is 1.73. The van der Waals surface area contributed by atoms with Crippen molar-refractivity contribution in [1.29, 1.82) is 0 Å². The Labute approximate surface area is 58.1 Å². The Hall–Kier alpha value is -1.13. The fourth-order valence-corrected chi connectivity index (χ4v) is 0.317. The van der Waals surface area contributed by atoms with Crippen molar-refractivity contribution in [3.8, 4) is 0 Å². The summed E-state index contributed by atoms with van der Waals surface area (Å²) in [6.07, 6.45) is -1.06. The molecule has 0 fully saturated rings. The molecule has 0 amide bonds. The zero-order valence-electron chi connectivity index (χ0n) is 5.86. The van der Waals surface area contributed by atoms with Crippen LogP contribution >= 0.6 is 0 Å². The van der Waals surface area contributed by atoms with Crippen LogP contribution < -0.4 is 0 Å². The molecule has 0 spiro atoms. The molecule has 1 atom stereocenters. The predicted octanol–water partition coefficient (Wildman–Crippen LogP) is 0.562. The van der Waals surface area contributed by atoms with Crippen molar-refractivity contribution in [2.24, 2.45) is 0 Å². The molecule has 0 aromatic carbocycles. The number of rotatable bonds is 3. The fraction of sp³-hybridized carbons (Fsp3) is 0.800. The molecule has 0 radical (unpaired) electrons. The fourth-order valence-electron chi connectivity index (χ4n) is 0.317. The van der Waals surface area contributed by atoms with Gasteiger partial charge in [-0.3, -0.25) is 14.9 Å². The molecule has 0 aliphatic carbocycles. The van der Waals surface area contributed by atoms with Crippen molar-refractivity contribution in [2.45, 2.75) is 26.5 Å².